The molecule has 13 heavy (non-hydrogen) atoms. The molecular weight excluding hydrogens is 166 g/mol. The van der Waals surface area contributed by atoms with E-state index in [1.54, 1.807) is 6.20 Å². The summed E-state index contributed by atoms with van der Waals surface area (Å²) in [5, 5.41) is 13.1. The summed E-state index contributed by atoms with van der Waals surface area (Å²) in [6, 6.07) is 0.459. The number of aliphatic hydroxyl groups is 1. The second kappa shape index (κ2) is 3.38. The summed E-state index contributed by atoms with van der Waals surface area (Å²) in [5.41, 5.74) is 6.58. The average molecular weight is 181 g/mol. The molecule has 0 bridgehead atoms. The van der Waals surface area contributed by atoms with E-state index in [0.29, 0.717) is 11.9 Å². The summed E-state index contributed by atoms with van der Waals surface area (Å²) in [4.78, 5) is 0. The molecular formula is C9H15N3O. The van der Waals surface area contributed by atoms with Crippen molar-refractivity contribution in [1.29, 1.82) is 0 Å². The van der Waals surface area contributed by atoms with Gasteiger partial charge in [0.05, 0.1) is 18.8 Å². The molecule has 3 N–H and O–H groups in total. The number of nitrogen functional groups attached to an aromatic ring is 1. The van der Waals surface area contributed by atoms with E-state index in [1.165, 1.54) is 12.8 Å². The summed E-state index contributed by atoms with van der Waals surface area (Å²) >= 11 is 0. The molecule has 0 spiro atoms. The zero-order valence-electron chi connectivity index (χ0n) is 7.61. The van der Waals surface area contributed by atoms with Crippen LogP contribution in [0.15, 0.2) is 6.20 Å². The Labute approximate surface area is 77.4 Å². The molecule has 0 atom stereocenters. The van der Waals surface area contributed by atoms with E-state index in [2.05, 4.69) is 5.10 Å². The van der Waals surface area contributed by atoms with Crippen LogP contribution in [0.25, 0.3) is 0 Å². The topological polar surface area (TPSA) is 64.1 Å². The van der Waals surface area contributed by atoms with Gasteiger partial charge in [-0.1, -0.05) is 12.8 Å². The minimum absolute atomic E-state index is 0.0153. The predicted octanol–water partition coefficient (Wildman–Crippen LogP) is 1.07. The van der Waals surface area contributed by atoms with Crippen molar-refractivity contribution in [2.45, 2.75) is 38.3 Å². The Morgan fingerprint density at radius 2 is 2.23 bits per heavy atom. The lowest BCUT2D eigenvalue weighted by Crippen LogP contribution is -2.10. The van der Waals surface area contributed by atoms with Crippen LogP contribution in [0.1, 0.15) is 37.3 Å². The fourth-order valence-electron chi connectivity index (χ4n) is 1.97. The molecule has 0 amide bonds. The lowest BCUT2D eigenvalue weighted by atomic mass is 10.2. The molecule has 1 saturated carbocycles. The van der Waals surface area contributed by atoms with Crippen LogP contribution in [0.4, 0.5) is 5.82 Å². The first-order valence-electron chi connectivity index (χ1n) is 4.75. The van der Waals surface area contributed by atoms with E-state index in [9.17, 15) is 0 Å². The Kier molecular flexibility index (Phi) is 2.22. The van der Waals surface area contributed by atoms with Gasteiger partial charge in [0.2, 0.25) is 0 Å². The van der Waals surface area contributed by atoms with Gasteiger partial charge < -0.3 is 10.8 Å². The van der Waals surface area contributed by atoms with Crippen LogP contribution in [-0.4, -0.2) is 14.9 Å². The summed E-state index contributed by atoms with van der Waals surface area (Å²) < 4.78 is 1.86. The zero-order chi connectivity index (χ0) is 9.26. The second-order valence-electron chi connectivity index (χ2n) is 3.60. The van der Waals surface area contributed by atoms with Gasteiger partial charge >= 0.3 is 0 Å². The zero-order valence-corrected chi connectivity index (χ0v) is 7.61. The van der Waals surface area contributed by atoms with Crippen LogP contribution in [0.3, 0.4) is 0 Å². The molecule has 0 aromatic carbocycles. The normalized spacial score (nSPS) is 18.2. The molecule has 0 saturated heterocycles. The van der Waals surface area contributed by atoms with Gasteiger partial charge in [0.1, 0.15) is 5.82 Å². The van der Waals surface area contributed by atoms with Crippen molar-refractivity contribution < 1.29 is 5.11 Å². The largest absolute Gasteiger partial charge is 0.391 e. The van der Waals surface area contributed by atoms with Gasteiger partial charge in [-0.15, -0.1) is 0 Å². The Morgan fingerprint density at radius 3 is 2.77 bits per heavy atom. The number of nitrogens with two attached hydrogens (primary N) is 1. The van der Waals surface area contributed by atoms with Gasteiger partial charge in [0.15, 0.2) is 0 Å². The molecule has 0 radical (unpaired) electrons. The van der Waals surface area contributed by atoms with Crippen molar-refractivity contribution in [3.63, 3.8) is 0 Å². The molecule has 1 heterocycles. The van der Waals surface area contributed by atoms with Crippen LogP contribution in [0.5, 0.6) is 0 Å². The molecule has 1 fully saturated rings. The minimum atomic E-state index is -0.0153. The van der Waals surface area contributed by atoms with Crippen LogP contribution >= 0.6 is 0 Å². The highest BCUT2D eigenvalue weighted by Crippen LogP contribution is 2.31. The van der Waals surface area contributed by atoms with E-state index in [0.717, 1.165) is 18.4 Å². The van der Waals surface area contributed by atoms with Gasteiger partial charge in [-0.3, -0.25) is 0 Å². The predicted molar refractivity (Wildman–Crippen MR) is 50.1 cm³/mol. The molecule has 1 aliphatic carbocycles. The number of hydrogen-bond donors (Lipinski definition) is 2. The summed E-state index contributed by atoms with van der Waals surface area (Å²) in [6.07, 6.45) is 6.51. The molecule has 1 aromatic rings. The molecule has 4 heteroatoms. The van der Waals surface area contributed by atoms with Crippen molar-refractivity contribution in [1.82, 2.24) is 9.78 Å². The fourth-order valence-corrected chi connectivity index (χ4v) is 1.97. The highest BCUT2D eigenvalue weighted by atomic mass is 16.3. The smallest absolute Gasteiger partial charge is 0.127 e. The van der Waals surface area contributed by atoms with Gasteiger partial charge in [-0.05, 0) is 12.8 Å². The highest BCUT2D eigenvalue weighted by Gasteiger charge is 2.20. The number of nitrogens with zero attached hydrogens (tertiary/aromatic N) is 2. The number of hydrogen-bond acceptors (Lipinski definition) is 3. The first-order chi connectivity index (χ1) is 6.33. The summed E-state index contributed by atoms with van der Waals surface area (Å²) in [5.74, 6) is 0.634. The lowest BCUT2D eigenvalue weighted by Gasteiger charge is -2.11. The standard InChI is InChI=1S/C9H15N3O/c10-9-7(6-13)5-11-12(9)8-3-1-2-4-8/h5,8,13H,1-4,6,10H2. The SMILES string of the molecule is Nc1c(CO)cnn1C1CCCC1. The van der Waals surface area contributed by atoms with Crippen LogP contribution in [0.2, 0.25) is 0 Å². The van der Waals surface area contributed by atoms with Gasteiger partial charge in [0.25, 0.3) is 0 Å². The van der Waals surface area contributed by atoms with Crippen LogP contribution < -0.4 is 5.73 Å². The van der Waals surface area contributed by atoms with Gasteiger partial charge in [-0.25, -0.2) is 4.68 Å². The first-order valence-corrected chi connectivity index (χ1v) is 4.75. The quantitative estimate of drug-likeness (QED) is 0.717. The number of aliphatic hydroxyl groups excluding tert-OH is 1. The van der Waals surface area contributed by atoms with Gasteiger partial charge in [-0.2, -0.15) is 5.10 Å². The van der Waals surface area contributed by atoms with Crippen molar-refractivity contribution >= 4 is 5.82 Å². The summed E-state index contributed by atoms with van der Waals surface area (Å²) in [7, 11) is 0. The Hall–Kier alpha value is -1.03. The van der Waals surface area contributed by atoms with E-state index in [4.69, 9.17) is 10.8 Å². The van der Waals surface area contributed by atoms with E-state index in [1.807, 2.05) is 4.68 Å². The molecule has 1 aliphatic rings. The van der Waals surface area contributed by atoms with Crippen molar-refractivity contribution in [3.8, 4) is 0 Å². The molecule has 1 aromatic heterocycles. The Morgan fingerprint density at radius 1 is 1.54 bits per heavy atom. The maximum absolute atomic E-state index is 8.94. The third-order valence-electron chi connectivity index (χ3n) is 2.75. The highest BCUT2D eigenvalue weighted by molar-refractivity contribution is 5.38. The van der Waals surface area contributed by atoms with Crippen molar-refractivity contribution in [2.24, 2.45) is 0 Å². The third-order valence-corrected chi connectivity index (χ3v) is 2.75. The average Bonchev–Trinajstić information content (AvgIpc) is 2.72. The molecule has 72 valence electrons. The lowest BCUT2D eigenvalue weighted by molar-refractivity contribution is 0.282. The molecule has 2 rings (SSSR count). The Bertz CT molecular complexity index is 289. The maximum atomic E-state index is 8.94. The summed E-state index contributed by atoms with van der Waals surface area (Å²) in [6.45, 7) is -0.0153. The minimum Gasteiger partial charge on any atom is -0.391 e. The molecule has 0 aliphatic heterocycles. The third kappa shape index (κ3) is 1.42. The number of aromatic nitrogens is 2. The van der Waals surface area contributed by atoms with Crippen molar-refractivity contribution in [3.05, 3.63) is 11.8 Å². The van der Waals surface area contributed by atoms with Crippen LogP contribution in [-0.2, 0) is 6.61 Å². The van der Waals surface area contributed by atoms with E-state index in [-0.39, 0.29) is 6.61 Å². The molecule has 4 nitrogen and oxygen atoms in total. The van der Waals surface area contributed by atoms with Crippen molar-refractivity contribution in [2.75, 3.05) is 5.73 Å². The van der Waals surface area contributed by atoms with E-state index < -0.39 is 0 Å². The van der Waals surface area contributed by atoms with Gasteiger partial charge in [0, 0.05) is 5.56 Å². The van der Waals surface area contributed by atoms with E-state index >= 15 is 0 Å². The number of rotatable bonds is 2. The second-order valence-corrected chi connectivity index (χ2v) is 3.60. The first kappa shape index (κ1) is 8.56. The fraction of sp³-hybridized carbons (Fsp3) is 0.667. The number of anilines is 1. The Balaban J connectivity index is 2.24. The maximum Gasteiger partial charge on any atom is 0.127 e. The monoisotopic (exact) mass is 181 g/mol. The molecule has 0 unspecified atom stereocenters. The van der Waals surface area contributed by atoms with Crippen LogP contribution in [0, 0.1) is 0 Å².